The molecule has 1 saturated heterocycles. The lowest BCUT2D eigenvalue weighted by molar-refractivity contribution is 0.154. The molecule has 0 saturated carbocycles. The lowest BCUT2D eigenvalue weighted by atomic mass is 10.2. The van der Waals surface area contributed by atoms with Crippen LogP contribution >= 0.6 is 11.6 Å². The summed E-state index contributed by atoms with van der Waals surface area (Å²) in [5.74, 6) is 0.350. The molecule has 1 heterocycles. The zero-order valence-electron chi connectivity index (χ0n) is 5.34. The molecule has 0 spiro atoms. The number of hydrogen-bond donors (Lipinski definition) is 1. The minimum Gasteiger partial charge on any atom is -0.440 e. The molecule has 0 aliphatic carbocycles. The van der Waals surface area contributed by atoms with Gasteiger partial charge >= 0.3 is 6.09 Å². The van der Waals surface area contributed by atoms with Gasteiger partial charge in [-0.1, -0.05) is 6.58 Å². The molecular weight excluding hydrogens is 154 g/mol. The number of alkyl halides is 1. The summed E-state index contributed by atoms with van der Waals surface area (Å²) in [6.45, 7) is 3.50. The SMILES string of the molecule is C=CC1OC(=O)NC1CCl. The summed E-state index contributed by atoms with van der Waals surface area (Å²) >= 11 is 5.50. The zero-order valence-corrected chi connectivity index (χ0v) is 6.10. The molecule has 1 aliphatic heterocycles. The van der Waals surface area contributed by atoms with Gasteiger partial charge < -0.3 is 10.1 Å². The average molecular weight is 162 g/mol. The molecule has 1 fully saturated rings. The molecule has 1 aliphatic rings. The normalized spacial score (nSPS) is 31.1. The Morgan fingerprint density at radius 3 is 3.00 bits per heavy atom. The van der Waals surface area contributed by atoms with Crippen LogP contribution in [0.25, 0.3) is 0 Å². The van der Waals surface area contributed by atoms with Gasteiger partial charge in [0.1, 0.15) is 6.10 Å². The highest BCUT2D eigenvalue weighted by molar-refractivity contribution is 6.18. The molecule has 4 heteroatoms. The second-order valence-electron chi connectivity index (χ2n) is 2.01. The number of amides is 1. The van der Waals surface area contributed by atoms with E-state index < -0.39 is 6.09 Å². The number of nitrogens with one attached hydrogen (secondary N) is 1. The Kier molecular flexibility index (Phi) is 2.17. The summed E-state index contributed by atoms with van der Waals surface area (Å²) in [4.78, 5) is 10.5. The lowest BCUT2D eigenvalue weighted by Gasteiger charge is -2.07. The number of rotatable bonds is 2. The molecule has 0 aromatic carbocycles. The Morgan fingerprint density at radius 1 is 1.90 bits per heavy atom. The first-order valence-corrected chi connectivity index (χ1v) is 3.47. The van der Waals surface area contributed by atoms with Crippen LogP contribution < -0.4 is 5.32 Å². The maximum atomic E-state index is 10.5. The first-order chi connectivity index (χ1) is 4.77. The van der Waals surface area contributed by atoms with E-state index in [2.05, 4.69) is 11.9 Å². The second kappa shape index (κ2) is 2.92. The van der Waals surface area contributed by atoms with Gasteiger partial charge in [0.15, 0.2) is 0 Å². The van der Waals surface area contributed by atoms with E-state index in [0.717, 1.165) is 0 Å². The van der Waals surface area contributed by atoms with Gasteiger partial charge in [-0.05, 0) is 6.08 Å². The van der Waals surface area contributed by atoms with Crippen molar-refractivity contribution in [3.8, 4) is 0 Å². The second-order valence-corrected chi connectivity index (χ2v) is 2.32. The fourth-order valence-corrected chi connectivity index (χ4v) is 1.06. The van der Waals surface area contributed by atoms with Crippen molar-refractivity contribution in [3.63, 3.8) is 0 Å². The molecule has 0 radical (unpaired) electrons. The highest BCUT2D eigenvalue weighted by Gasteiger charge is 2.30. The van der Waals surface area contributed by atoms with Crippen LogP contribution in [0.3, 0.4) is 0 Å². The van der Waals surface area contributed by atoms with Gasteiger partial charge in [0.25, 0.3) is 0 Å². The summed E-state index contributed by atoms with van der Waals surface area (Å²) in [7, 11) is 0. The number of ether oxygens (including phenoxy) is 1. The fraction of sp³-hybridized carbons (Fsp3) is 0.500. The predicted octanol–water partition coefficient (Wildman–Crippen LogP) is 0.888. The maximum absolute atomic E-state index is 10.5. The van der Waals surface area contributed by atoms with E-state index >= 15 is 0 Å². The minimum absolute atomic E-state index is 0.119. The van der Waals surface area contributed by atoms with Crippen LogP contribution in [-0.2, 0) is 4.74 Å². The summed E-state index contributed by atoms with van der Waals surface area (Å²) < 4.78 is 4.76. The molecule has 0 bridgehead atoms. The first kappa shape index (κ1) is 7.41. The van der Waals surface area contributed by atoms with Gasteiger partial charge in [0.2, 0.25) is 0 Å². The van der Waals surface area contributed by atoms with Gasteiger partial charge in [-0.3, -0.25) is 0 Å². The third-order valence-corrected chi connectivity index (χ3v) is 1.67. The Labute approximate surface area is 64.0 Å². The summed E-state index contributed by atoms with van der Waals surface area (Å²) in [5.41, 5.74) is 0. The number of carbonyl (C=O) groups is 1. The van der Waals surface area contributed by atoms with Crippen molar-refractivity contribution >= 4 is 17.7 Å². The molecular formula is C6H8ClNO2. The highest BCUT2D eigenvalue weighted by atomic mass is 35.5. The average Bonchev–Trinajstić information content (AvgIpc) is 2.30. The largest absolute Gasteiger partial charge is 0.440 e. The first-order valence-electron chi connectivity index (χ1n) is 2.93. The van der Waals surface area contributed by atoms with Gasteiger partial charge in [-0.2, -0.15) is 0 Å². The van der Waals surface area contributed by atoms with Gasteiger partial charge in [0, 0.05) is 5.88 Å². The maximum Gasteiger partial charge on any atom is 0.408 e. The number of alkyl carbamates (subject to hydrolysis) is 1. The standard InChI is InChI=1S/C6H8ClNO2/c1-2-5-4(3-7)8-6(9)10-5/h2,4-5H,1,3H2,(H,8,9). The quantitative estimate of drug-likeness (QED) is 0.483. The molecule has 0 aromatic heterocycles. The Balaban J connectivity index is 2.56. The van der Waals surface area contributed by atoms with Gasteiger partial charge in [0.05, 0.1) is 6.04 Å². The van der Waals surface area contributed by atoms with Crippen molar-refractivity contribution in [2.75, 3.05) is 5.88 Å². The van der Waals surface area contributed by atoms with Crippen LogP contribution in [0.15, 0.2) is 12.7 Å². The smallest absolute Gasteiger partial charge is 0.408 e. The molecule has 3 nitrogen and oxygen atoms in total. The third-order valence-electron chi connectivity index (χ3n) is 1.34. The number of hydrogen-bond acceptors (Lipinski definition) is 2. The van der Waals surface area contributed by atoms with Crippen LogP contribution in [0.4, 0.5) is 4.79 Å². The van der Waals surface area contributed by atoms with E-state index in [1.165, 1.54) is 0 Å². The molecule has 1 N–H and O–H groups in total. The van der Waals surface area contributed by atoms with Crippen LogP contribution in [0.5, 0.6) is 0 Å². The number of cyclic esters (lactones) is 1. The van der Waals surface area contributed by atoms with Crippen LogP contribution in [0, 0.1) is 0 Å². The topological polar surface area (TPSA) is 38.3 Å². The van der Waals surface area contributed by atoms with E-state index in [1.54, 1.807) is 6.08 Å². The van der Waals surface area contributed by atoms with Crippen LogP contribution in [0.2, 0.25) is 0 Å². The number of halogens is 1. The molecule has 10 heavy (non-hydrogen) atoms. The van der Waals surface area contributed by atoms with Crippen LogP contribution in [0.1, 0.15) is 0 Å². The Bertz CT molecular complexity index is 160. The van der Waals surface area contributed by atoms with E-state index in [1.807, 2.05) is 0 Å². The van der Waals surface area contributed by atoms with Crippen molar-refractivity contribution in [3.05, 3.63) is 12.7 Å². The van der Waals surface area contributed by atoms with Gasteiger partial charge in [-0.25, -0.2) is 4.79 Å². The number of carbonyl (C=O) groups excluding carboxylic acids is 1. The molecule has 0 aromatic rings. The van der Waals surface area contributed by atoms with E-state index in [9.17, 15) is 4.79 Å². The van der Waals surface area contributed by atoms with Crippen molar-refractivity contribution in [2.24, 2.45) is 0 Å². The third kappa shape index (κ3) is 1.24. The van der Waals surface area contributed by atoms with Crippen molar-refractivity contribution < 1.29 is 9.53 Å². The molecule has 2 atom stereocenters. The minimum atomic E-state index is -0.421. The van der Waals surface area contributed by atoms with Crippen molar-refractivity contribution in [2.45, 2.75) is 12.1 Å². The molecule has 1 rings (SSSR count). The van der Waals surface area contributed by atoms with Crippen molar-refractivity contribution in [1.82, 2.24) is 5.32 Å². The molecule has 56 valence electrons. The van der Waals surface area contributed by atoms with Crippen molar-refractivity contribution in [1.29, 1.82) is 0 Å². The van der Waals surface area contributed by atoms with E-state index in [0.29, 0.717) is 5.88 Å². The van der Waals surface area contributed by atoms with E-state index in [-0.39, 0.29) is 12.1 Å². The molecule has 2 unspecified atom stereocenters. The summed E-state index contributed by atoms with van der Waals surface area (Å²) in [6.07, 6.45) is 0.867. The Morgan fingerprint density at radius 2 is 2.60 bits per heavy atom. The lowest BCUT2D eigenvalue weighted by Crippen LogP contribution is -2.31. The van der Waals surface area contributed by atoms with Gasteiger partial charge in [-0.15, -0.1) is 11.6 Å². The fourth-order valence-electron chi connectivity index (χ4n) is 0.812. The summed E-state index contributed by atoms with van der Waals surface area (Å²) in [5, 5.41) is 2.54. The van der Waals surface area contributed by atoms with Crippen LogP contribution in [-0.4, -0.2) is 24.1 Å². The highest BCUT2D eigenvalue weighted by Crippen LogP contribution is 2.10. The predicted molar refractivity (Wildman–Crippen MR) is 38.1 cm³/mol. The van der Waals surface area contributed by atoms with E-state index in [4.69, 9.17) is 16.3 Å². The monoisotopic (exact) mass is 161 g/mol. The zero-order chi connectivity index (χ0) is 7.56. The Hall–Kier alpha value is -0.700. The molecule has 1 amide bonds. The summed E-state index contributed by atoms with van der Waals surface area (Å²) in [6, 6.07) is -0.119.